The van der Waals surface area contributed by atoms with E-state index in [-0.39, 0.29) is 5.91 Å². The SMILES string of the molecule is Cc1ccc(-n2nnc(C(=O)NCCc3cccs3)c2C)cc1. The molecule has 0 radical (unpaired) electrons. The van der Waals surface area contributed by atoms with Crippen LogP contribution in [0.2, 0.25) is 0 Å². The first-order valence-electron chi connectivity index (χ1n) is 7.45. The van der Waals surface area contributed by atoms with Crippen LogP contribution < -0.4 is 5.32 Å². The summed E-state index contributed by atoms with van der Waals surface area (Å²) in [5.41, 5.74) is 3.19. The molecule has 0 fully saturated rings. The van der Waals surface area contributed by atoms with Gasteiger partial charge in [-0.05, 0) is 43.8 Å². The van der Waals surface area contributed by atoms with Crippen molar-refractivity contribution in [2.24, 2.45) is 0 Å². The lowest BCUT2D eigenvalue weighted by Gasteiger charge is -2.05. The van der Waals surface area contributed by atoms with Gasteiger partial charge in [-0.25, -0.2) is 4.68 Å². The molecule has 3 rings (SSSR count). The lowest BCUT2D eigenvalue weighted by Crippen LogP contribution is -2.26. The summed E-state index contributed by atoms with van der Waals surface area (Å²) in [6.45, 7) is 4.48. The van der Waals surface area contributed by atoms with Crippen molar-refractivity contribution in [2.75, 3.05) is 6.54 Å². The van der Waals surface area contributed by atoms with E-state index in [0.29, 0.717) is 12.2 Å². The largest absolute Gasteiger partial charge is 0.350 e. The van der Waals surface area contributed by atoms with Gasteiger partial charge in [-0.15, -0.1) is 16.4 Å². The van der Waals surface area contributed by atoms with Crippen molar-refractivity contribution >= 4 is 17.2 Å². The predicted molar refractivity (Wildman–Crippen MR) is 91.2 cm³/mol. The molecule has 3 aromatic rings. The Balaban J connectivity index is 1.68. The van der Waals surface area contributed by atoms with Gasteiger partial charge in [0.15, 0.2) is 5.69 Å². The Morgan fingerprint density at radius 2 is 2.00 bits per heavy atom. The Bertz CT molecular complexity index is 791. The first kappa shape index (κ1) is 15.4. The monoisotopic (exact) mass is 326 g/mol. The number of carbonyl (C=O) groups is 1. The van der Waals surface area contributed by atoms with Gasteiger partial charge in [0.05, 0.1) is 11.4 Å². The fourth-order valence-corrected chi connectivity index (χ4v) is 3.02. The standard InChI is InChI=1S/C17H18N4OS/c1-12-5-7-14(8-6-12)21-13(2)16(19-20-21)17(22)18-10-9-15-4-3-11-23-15/h3-8,11H,9-10H2,1-2H3,(H,18,22). The van der Waals surface area contributed by atoms with Gasteiger partial charge >= 0.3 is 0 Å². The molecule has 1 amide bonds. The molecule has 118 valence electrons. The van der Waals surface area contributed by atoms with Crippen molar-refractivity contribution in [1.29, 1.82) is 0 Å². The van der Waals surface area contributed by atoms with Crippen LogP contribution >= 0.6 is 11.3 Å². The highest BCUT2D eigenvalue weighted by Crippen LogP contribution is 2.13. The lowest BCUT2D eigenvalue weighted by molar-refractivity contribution is 0.0948. The Hall–Kier alpha value is -2.47. The molecular formula is C17H18N4OS. The number of benzene rings is 1. The minimum absolute atomic E-state index is 0.183. The Kier molecular flexibility index (Phi) is 4.52. The third-order valence-corrected chi connectivity index (χ3v) is 4.56. The number of carbonyl (C=O) groups excluding carboxylic acids is 1. The van der Waals surface area contributed by atoms with E-state index in [1.165, 1.54) is 10.4 Å². The lowest BCUT2D eigenvalue weighted by atomic mass is 10.2. The maximum absolute atomic E-state index is 12.3. The minimum Gasteiger partial charge on any atom is -0.350 e. The molecule has 5 nitrogen and oxygen atoms in total. The van der Waals surface area contributed by atoms with Crippen LogP contribution in [-0.2, 0) is 6.42 Å². The summed E-state index contributed by atoms with van der Waals surface area (Å²) < 4.78 is 1.69. The normalized spacial score (nSPS) is 10.7. The number of amides is 1. The Morgan fingerprint density at radius 3 is 2.70 bits per heavy atom. The van der Waals surface area contributed by atoms with E-state index in [9.17, 15) is 4.79 Å². The van der Waals surface area contributed by atoms with Crippen molar-refractivity contribution in [3.63, 3.8) is 0 Å². The van der Waals surface area contributed by atoms with Crippen molar-refractivity contribution in [3.8, 4) is 5.69 Å². The van der Waals surface area contributed by atoms with Crippen LogP contribution in [0.3, 0.4) is 0 Å². The number of rotatable bonds is 5. The average Bonchev–Trinajstić information content (AvgIpc) is 3.18. The fourth-order valence-electron chi connectivity index (χ4n) is 2.31. The van der Waals surface area contributed by atoms with E-state index in [4.69, 9.17) is 0 Å². The summed E-state index contributed by atoms with van der Waals surface area (Å²) in [5.74, 6) is -0.183. The van der Waals surface area contributed by atoms with Crippen LogP contribution in [0.25, 0.3) is 5.69 Å². The molecule has 0 atom stereocenters. The molecule has 1 aromatic carbocycles. The quantitative estimate of drug-likeness (QED) is 0.784. The third kappa shape index (κ3) is 3.48. The molecular weight excluding hydrogens is 308 g/mol. The van der Waals surface area contributed by atoms with Crippen molar-refractivity contribution < 1.29 is 4.79 Å². The molecule has 2 heterocycles. The number of hydrogen-bond donors (Lipinski definition) is 1. The highest BCUT2D eigenvalue weighted by Gasteiger charge is 2.16. The van der Waals surface area contributed by atoms with E-state index in [2.05, 4.69) is 21.7 Å². The number of thiophene rings is 1. The van der Waals surface area contributed by atoms with Gasteiger partial charge in [0, 0.05) is 11.4 Å². The van der Waals surface area contributed by atoms with E-state index in [1.807, 2.05) is 49.6 Å². The third-order valence-electron chi connectivity index (χ3n) is 3.63. The number of nitrogens with one attached hydrogen (secondary N) is 1. The van der Waals surface area contributed by atoms with Crippen molar-refractivity contribution in [3.05, 3.63) is 63.6 Å². The average molecular weight is 326 g/mol. The zero-order chi connectivity index (χ0) is 16.2. The maximum atomic E-state index is 12.3. The summed E-state index contributed by atoms with van der Waals surface area (Å²) in [6, 6.07) is 12.0. The van der Waals surface area contributed by atoms with E-state index >= 15 is 0 Å². The molecule has 0 saturated carbocycles. The molecule has 6 heteroatoms. The van der Waals surface area contributed by atoms with Gasteiger partial charge in [0.1, 0.15) is 0 Å². The smallest absolute Gasteiger partial charge is 0.273 e. The molecule has 0 aliphatic rings. The number of hydrogen-bond acceptors (Lipinski definition) is 4. The second kappa shape index (κ2) is 6.75. The van der Waals surface area contributed by atoms with Gasteiger partial charge in [-0.3, -0.25) is 4.79 Å². The summed E-state index contributed by atoms with van der Waals surface area (Å²) in [4.78, 5) is 13.5. The van der Waals surface area contributed by atoms with E-state index < -0.39 is 0 Å². The molecule has 0 aliphatic carbocycles. The van der Waals surface area contributed by atoms with Crippen LogP contribution in [0.1, 0.15) is 26.6 Å². The topological polar surface area (TPSA) is 59.8 Å². The maximum Gasteiger partial charge on any atom is 0.273 e. The molecule has 2 aromatic heterocycles. The molecule has 0 saturated heterocycles. The predicted octanol–water partition coefficient (Wildman–Crippen LogP) is 2.92. The first-order chi connectivity index (χ1) is 11.1. The van der Waals surface area contributed by atoms with Crippen LogP contribution in [-0.4, -0.2) is 27.4 Å². The van der Waals surface area contributed by atoms with Crippen molar-refractivity contribution in [2.45, 2.75) is 20.3 Å². The van der Waals surface area contributed by atoms with Crippen LogP contribution in [0, 0.1) is 13.8 Å². The zero-order valence-electron chi connectivity index (χ0n) is 13.1. The molecule has 0 aliphatic heterocycles. The van der Waals surface area contributed by atoms with Crippen LogP contribution in [0.5, 0.6) is 0 Å². The molecule has 1 N–H and O–H groups in total. The van der Waals surface area contributed by atoms with Crippen LogP contribution in [0.4, 0.5) is 0 Å². The fraction of sp³-hybridized carbons (Fsp3) is 0.235. The minimum atomic E-state index is -0.183. The second-order valence-corrected chi connectivity index (χ2v) is 6.39. The molecule has 23 heavy (non-hydrogen) atoms. The van der Waals surface area contributed by atoms with Gasteiger partial charge in [-0.1, -0.05) is 29.0 Å². The second-order valence-electron chi connectivity index (χ2n) is 5.36. The summed E-state index contributed by atoms with van der Waals surface area (Å²) >= 11 is 1.69. The summed E-state index contributed by atoms with van der Waals surface area (Å²) in [6.07, 6.45) is 0.828. The number of nitrogens with zero attached hydrogens (tertiary/aromatic N) is 3. The van der Waals surface area contributed by atoms with E-state index in [0.717, 1.165) is 17.8 Å². The molecule has 0 unspecified atom stereocenters. The van der Waals surface area contributed by atoms with Gasteiger partial charge in [0.25, 0.3) is 5.91 Å². The summed E-state index contributed by atoms with van der Waals surface area (Å²) in [5, 5.41) is 13.1. The Labute approximate surface area is 139 Å². The molecule has 0 bridgehead atoms. The van der Waals surface area contributed by atoms with Crippen LogP contribution in [0.15, 0.2) is 41.8 Å². The first-order valence-corrected chi connectivity index (χ1v) is 8.33. The van der Waals surface area contributed by atoms with Gasteiger partial charge < -0.3 is 5.32 Å². The van der Waals surface area contributed by atoms with Gasteiger partial charge in [0.2, 0.25) is 0 Å². The van der Waals surface area contributed by atoms with Gasteiger partial charge in [-0.2, -0.15) is 0 Å². The van der Waals surface area contributed by atoms with E-state index in [1.54, 1.807) is 16.0 Å². The highest BCUT2D eigenvalue weighted by atomic mass is 32.1. The number of aromatic nitrogens is 3. The number of aryl methyl sites for hydroxylation is 1. The molecule has 0 spiro atoms. The zero-order valence-corrected chi connectivity index (χ0v) is 13.9. The summed E-state index contributed by atoms with van der Waals surface area (Å²) in [7, 11) is 0. The van der Waals surface area contributed by atoms with Crippen molar-refractivity contribution in [1.82, 2.24) is 20.3 Å². The highest BCUT2D eigenvalue weighted by molar-refractivity contribution is 7.09. The Morgan fingerprint density at radius 1 is 1.22 bits per heavy atom.